The van der Waals surface area contributed by atoms with Crippen LogP contribution in [0.5, 0.6) is 0 Å². The summed E-state index contributed by atoms with van der Waals surface area (Å²) >= 11 is 0. The maximum Gasteiger partial charge on any atom is 0.306 e. The van der Waals surface area contributed by atoms with Gasteiger partial charge in [-0.1, -0.05) is 231 Å². The SMILES string of the molecule is CC/C=C\C/C=C\C/C=C\C/C=C\C/C=C\CCCCCC(=O)OCC(COC(=O)CCC/C=C\C/C=C\C/C=C\C/C=C\C/C=C\CC)OC(=O)CCCCCCCCC/C=C\CCCCCCCCC. The molecule has 72 heavy (non-hydrogen) atoms. The summed E-state index contributed by atoms with van der Waals surface area (Å²) in [6, 6.07) is 0. The van der Waals surface area contributed by atoms with Crippen molar-refractivity contribution >= 4 is 17.9 Å². The normalized spacial score (nSPS) is 13.1. The number of rotatable bonds is 51. The second kappa shape index (κ2) is 59.1. The fourth-order valence-electron chi connectivity index (χ4n) is 7.56. The highest BCUT2D eigenvalue weighted by molar-refractivity contribution is 5.71. The molecule has 6 heteroatoms. The van der Waals surface area contributed by atoms with Gasteiger partial charge in [0.15, 0.2) is 6.10 Å². The van der Waals surface area contributed by atoms with Gasteiger partial charge in [-0.2, -0.15) is 0 Å². The Morgan fingerprint density at radius 2 is 0.556 bits per heavy atom. The highest BCUT2D eigenvalue weighted by Gasteiger charge is 2.19. The quantitative estimate of drug-likeness (QED) is 0.0261. The molecule has 0 radical (unpaired) electrons. The van der Waals surface area contributed by atoms with Crippen LogP contribution in [-0.4, -0.2) is 37.2 Å². The predicted octanol–water partition coefficient (Wildman–Crippen LogP) is 19.8. The molecular formula is C66H106O6. The number of ether oxygens (including phenoxy) is 3. The van der Waals surface area contributed by atoms with Crippen molar-refractivity contribution in [2.75, 3.05) is 13.2 Å². The molecule has 0 aliphatic carbocycles. The summed E-state index contributed by atoms with van der Waals surface area (Å²) in [7, 11) is 0. The van der Waals surface area contributed by atoms with Gasteiger partial charge in [0.1, 0.15) is 13.2 Å². The van der Waals surface area contributed by atoms with Gasteiger partial charge in [-0.15, -0.1) is 0 Å². The second-order valence-corrected chi connectivity index (χ2v) is 18.8. The fourth-order valence-corrected chi connectivity index (χ4v) is 7.56. The van der Waals surface area contributed by atoms with E-state index in [-0.39, 0.29) is 37.5 Å². The Balaban J connectivity index is 4.56. The summed E-state index contributed by atoms with van der Waals surface area (Å²) in [5.74, 6) is -1.01. The van der Waals surface area contributed by atoms with Gasteiger partial charge in [-0.25, -0.2) is 0 Å². The Hall–Kier alpha value is -4.45. The van der Waals surface area contributed by atoms with Gasteiger partial charge in [0.2, 0.25) is 0 Å². The minimum Gasteiger partial charge on any atom is -0.462 e. The van der Waals surface area contributed by atoms with Crippen LogP contribution in [0.2, 0.25) is 0 Å². The fraction of sp³-hybridized carbons (Fsp3) is 0.621. The molecule has 0 fully saturated rings. The van der Waals surface area contributed by atoms with Crippen LogP contribution in [0, 0.1) is 0 Å². The molecule has 1 atom stereocenters. The van der Waals surface area contributed by atoms with Crippen molar-refractivity contribution in [2.45, 2.75) is 252 Å². The van der Waals surface area contributed by atoms with Crippen molar-refractivity contribution < 1.29 is 28.6 Å². The summed E-state index contributed by atoms with van der Waals surface area (Å²) in [4.78, 5) is 38.2. The summed E-state index contributed by atoms with van der Waals surface area (Å²) in [6.07, 6.45) is 83.0. The van der Waals surface area contributed by atoms with Gasteiger partial charge in [-0.3, -0.25) is 14.4 Å². The molecule has 0 saturated carbocycles. The third-order valence-corrected chi connectivity index (χ3v) is 11.9. The maximum atomic E-state index is 12.9. The first-order valence-electron chi connectivity index (χ1n) is 29.2. The lowest BCUT2D eigenvalue weighted by molar-refractivity contribution is -0.167. The lowest BCUT2D eigenvalue weighted by atomic mass is 10.1. The Morgan fingerprint density at radius 1 is 0.292 bits per heavy atom. The molecule has 0 aromatic carbocycles. The van der Waals surface area contributed by atoms with Crippen LogP contribution in [0.25, 0.3) is 0 Å². The molecule has 0 amide bonds. The smallest absolute Gasteiger partial charge is 0.306 e. The number of allylic oxidation sites excluding steroid dienone is 22. The Morgan fingerprint density at radius 3 is 0.931 bits per heavy atom. The van der Waals surface area contributed by atoms with Gasteiger partial charge in [0, 0.05) is 19.3 Å². The largest absolute Gasteiger partial charge is 0.462 e. The van der Waals surface area contributed by atoms with E-state index in [0.717, 1.165) is 116 Å². The Labute approximate surface area is 443 Å². The van der Waals surface area contributed by atoms with E-state index in [9.17, 15) is 14.4 Å². The molecule has 0 aromatic heterocycles. The van der Waals surface area contributed by atoms with Crippen molar-refractivity contribution in [1.29, 1.82) is 0 Å². The maximum absolute atomic E-state index is 12.9. The zero-order valence-electron chi connectivity index (χ0n) is 46.4. The zero-order chi connectivity index (χ0) is 52.2. The molecule has 0 aliphatic heterocycles. The van der Waals surface area contributed by atoms with E-state index in [0.29, 0.717) is 19.3 Å². The topological polar surface area (TPSA) is 78.9 Å². The number of hydrogen-bond donors (Lipinski definition) is 0. The first-order valence-corrected chi connectivity index (χ1v) is 29.2. The highest BCUT2D eigenvalue weighted by atomic mass is 16.6. The van der Waals surface area contributed by atoms with Crippen LogP contribution in [-0.2, 0) is 28.6 Å². The van der Waals surface area contributed by atoms with E-state index in [2.05, 4.69) is 154 Å². The van der Waals surface area contributed by atoms with E-state index in [1.165, 1.54) is 83.5 Å². The third kappa shape index (κ3) is 56.5. The molecule has 1 unspecified atom stereocenters. The minimum atomic E-state index is -0.823. The highest BCUT2D eigenvalue weighted by Crippen LogP contribution is 2.14. The first-order chi connectivity index (χ1) is 35.5. The van der Waals surface area contributed by atoms with Crippen LogP contribution in [0.4, 0.5) is 0 Å². The third-order valence-electron chi connectivity index (χ3n) is 11.9. The summed E-state index contributed by atoms with van der Waals surface area (Å²) in [6.45, 7) is 6.33. The number of carbonyl (C=O) groups excluding carboxylic acids is 3. The van der Waals surface area contributed by atoms with Gasteiger partial charge in [-0.05, 0) is 128 Å². The average Bonchev–Trinajstić information content (AvgIpc) is 3.38. The molecule has 0 bridgehead atoms. The summed E-state index contributed by atoms with van der Waals surface area (Å²) < 4.78 is 16.8. The Bertz CT molecular complexity index is 1560. The lowest BCUT2D eigenvalue weighted by Crippen LogP contribution is -2.30. The predicted molar refractivity (Wildman–Crippen MR) is 311 cm³/mol. The van der Waals surface area contributed by atoms with Crippen molar-refractivity contribution in [3.05, 3.63) is 134 Å². The standard InChI is InChI=1S/C66H106O6/c1-4-7-10-13-16-19-22-25-28-31-33-36-38-41-44-47-50-53-56-59-65(68)71-62-63(61-70-64(67)58-55-52-49-46-43-40-37-34-30-27-24-21-18-15-12-9-6-3)72-66(69)60-57-54-51-48-45-42-39-35-32-29-26-23-20-17-14-11-8-5-2/h7,9-10,12,16,18-19,21,25,27-30,32-33,36-37,40-41,44,46,49,63H,4-6,8,11,13-15,17,20,22-24,26,31,34-35,38-39,42-43,45,47-48,50-62H2,1-3H3/b10-7-,12-9-,19-16-,21-18-,28-25-,30-27-,32-29-,36-33-,40-37-,44-41-,49-46-. The van der Waals surface area contributed by atoms with Gasteiger partial charge in [0.05, 0.1) is 0 Å². The zero-order valence-corrected chi connectivity index (χ0v) is 46.4. The molecule has 0 aliphatic rings. The van der Waals surface area contributed by atoms with Crippen molar-refractivity contribution in [1.82, 2.24) is 0 Å². The molecule has 0 heterocycles. The molecular weight excluding hydrogens is 889 g/mol. The molecule has 0 saturated heterocycles. The van der Waals surface area contributed by atoms with Gasteiger partial charge < -0.3 is 14.2 Å². The van der Waals surface area contributed by atoms with Crippen molar-refractivity contribution in [3.8, 4) is 0 Å². The van der Waals surface area contributed by atoms with Crippen LogP contribution in [0.3, 0.4) is 0 Å². The first kappa shape index (κ1) is 67.5. The van der Waals surface area contributed by atoms with Crippen LogP contribution in [0.15, 0.2) is 134 Å². The van der Waals surface area contributed by atoms with Crippen LogP contribution < -0.4 is 0 Å². The number of esters is 3. The van der Waals surface area contributed by atoms with Crippen molar-refractivity contribution in [2.24, 2.45) is 0 Å². The van der Waals surface area contributed by atoms with E-state index in [1.807, 2.05) is 0 Å². The van der Waals surface area contributed by atoms with Crippen LogP contribution in [0.1, 0.15) is 245 Å². The number of carbonyl (C=O) groups is 3. The Kier molecular flexibility index (Phi) is 55.5. The lowest BCUT2D eigenvalue weighted by Gasteiger charge is -2.18. The van der Waals surface area contributed by atoms with Gasteiger partial charge in [0.25, 0.3) is 0 Å². The minimum absolute atomic E-state index is 0.119. The number of hydrogen-bond acceptors (Lipinski definition) is 6. The average molecular weight is 996 g/mol. The monoisotopic (exact) mass is 995 g/mol. The van der Waals surface area contributed by atoms with E-state index >= 15 is 0 Å². The molecule has 0 N–H and O–H groups in total. The summed E-state index contributed by atoms with van der Waals surface area (Å²) in [5.41, 5.74) is 0. The van der Waals surface area contributed by atoms with Gasteiger partial charge >= 0.3 is 17.9 Å². The molecule has 6 nitrogen and oxygen atoms in total. The summed E-state index contributed by atoms with van der Waals surface area (Å²) in [5, 5.41) is 0. The van der Waals surface area contributed by atoms with Crippen LogP contribution >= 0.6 is 0 Å². The molecule has 0 rings (SSSR count). The van der Waals surface area contributed by atoms with E-state index in [1.54, 1.807) is 0 Å². The molecule has 0 aromatic rings. The molecule has 0 spiro atoms. The van der Waals surface area contributed by atoms with Crippen molar-refractivity contribution in [3.63, 3.8) is 0 Å². The molecule has 406 valence electrons. The second-order valence-electron chi connectivity index (χ2n) is 18.8. The van der Waals surface area contributed by atoms with E-state index < -0.39 is 6.10 Å². The van der Waals surface area contributed by atoms with E-state index in [4.69, 9.17) is 14.2 Å². The number of unbranched alkanes of at least 4 members (excludes halogenated alkanes) is 18.